The molecule has 0 saturated carbocycles. The van der Waals surface area contributed by atoms with E-state index in [1.807, 2.05) is 41.1 Å². The molecule has 1 aromatic heterocycles. The molecule has 1 saturated heterocycles. The van der Waals surface area contributed by atoms with Crippen molar-refractivity contribution in [3.8, 4) is 11.3 Å². The van der Waals surface area contributed by atoms with Gasteiger partial charge in [0.2, 0.25) is 5.60 Å². The highest BCUT2D eigenvalue weighted by Crippen LogP contribution is 2.34. The highest BCUT2D eigenvalue weighted by Gasteiger charge is 2.57. The van der Waals surface area contributed by atoms with Crippen LogP contribution in [0.5, 0.6) is 0 Å². The van der Waals surface area contributed by atoms with Crippen LogP contribution in [0.3, 0.4) is 0 Å². The van der Waals surface area contributed by atoms with Gasteiger partial charge in [-0.25, -0.2) is 0 Å². The highest BCUT2D eigenvalue weighted by atomic mass is 19.4. The van der Waals surface area contributed by atoms with E-state index in [1.165, 1.54) is 0 Å². The zero-order chi connectivity index (χ0) is 18.9. The Balaban J connectivity index is 1.71. The van der Waals surface area contributed by atoms with Gasteiger partial charge in [-0.2, -0.15) is 18.3 Å². The molecule has 2 heterocycles. The summed E-state index contributed by atoms with van der Waals surface area (Å²) in [6, 6.07) is 11.6. The molecule has 1 atom stereocenters. The fourth-order valence-electron chi connectivity index (χ4n) is 3.19. The molecule has 2 aromatic rings. The molecule has 3 rings (SSSR count). The van der Waals surface area contributed by atoms with Gasteiger partial charge in [-0.1, -0.05) is 30.3 Å². The van der Waals surface area contributed by atoms with Crippen molar-refractivity contribution in [3.63, 3.8) is 0 Å². The summed E-state index contributed by atoms with van der Waals surface area (Å²) in [5, 5.41) is 13.9. The smallest absolute Gasteiger partial charge is 0.373 e. The lowest BCUT2D eigenvalue weighted by atomic mass is 9.99. The van der Waals surface area contributed by atoms with Crippen molar-refractivity contribution in [2.75, 3.05) is 13.1 Å². The van der Waals surface area contributed by atoms with Crippen molar-refractivity contribution in [1.29, 1.82) is 0 Å². The van der Waals surface area contributed by atoms with E-state index in [-0.39, 0.29) is 19.1 Å². The maximum absolute atomic E-state index is 12.9. The van der Waals surface area contributed by atoms with Crippen LogP contribution in [0.15, 0.2) is 42.6 Å². The third-order valence-electron chi connectivity index (χ3n) is 4.81. The predicted molar refractivity (Wildman–Crippen MR) is 89.2 cm³/mol. The number of alkyl halides is 3. The number of hydrogen-bond acceptors (Lipinski definition) is 3. The van der Waals surface area contributed by atoms with E-state index in [2.05, 4.69) is 5.10 Å². The van der Waals surface area contributed by atoms with Gasteiger partial charge in [-0.05, 0) is 31.4 Å². The lowest BCUT2D eigenvalue weighted by Gasteiger charge is -2.37. The SMILES string of the molecule is C[C@@](O)(C(=O)N1CCC(n2nccc2-c2ccccc2)CC1)C(F)(F)F. The van der Waals surface area contributed by atoms with Crippen LogP contribution in [-0.2, 0) is 4.79 Å². The Hall–Kier alpha value is -2.35. The minimum atomic E-state index is -5.00. The average Bonchev–Trinajstić information content (AvgIpc) is 3.10. The zero-order valence-electron chi connectivity index (χ0n) is 14.3. The number of amides is 1. The molecule has 0 spiro atoms. The van der Waals surface area contributed by atoms with Crippen molar-refractivity contribution in [2.45, 2.75) is 37.6 Å². The first-order valence-electron chi connectivity index (χ1n) is 8.39. The molecule has 0 radical (unpaired) electrons. The van der Waals surface area contributed by atoms with E-state index >= 15 is 0 Å². The first-order valence-corrected chi connectivity index (χ1v) is 8.39. The van der Waals surface area contributed by atoms with Crippen LogP contribution in [-0.4, -0.2) is 50.6 Å². The van der Waals surface area contributed by atoms with Gasteiger partial charge in [0.05, 0.1) is 11.7 Å². The summed E-state index contributed by atoms with van der Waals surface area (Å²) in [5.41, 5.74) is -1.43. The second-order valence-corrected chi connectivity index (χ2v) is 6.62. The van der Waals surface area contributed by atoms with E-state index < -0.39 is 17.7 Å². The van der Waals surface area contributed by atoms with Crippen LogP contribution in [0.25, 0.3) is 11.3 Å². The minimum Gasteiger partial charge on any atom is -0.373 e. The van der Waals surface area contributed by atoms with E-state index in [1.54, 1.807) is 6.20 Å². The molecule has 1 fully saturated rings. The van der Waals surface area contributed by atoms with Gasteiger partial charge >= 0.3 is 6.18 Å². The summed E-state index contributed by atoms with van der Waals surface area (Å²) in [4.78, 5) is 13.2. The van der Waals surface area contributed by atoms with Crippen LogP contribution < -0.4 is 0 Å². The van der Waals surface area contributed by atoms with Gasteiger partial charge in [-0.3, -0.25) is 9.48 Å². The third-order valence-corrected chi connectivity index (χ3v) is 4.81. The molecule has 5 nitrogen and oxygen atoms in total. The average molecular weight is 367 g/mol. The summed E-state index contributed by atoms with van der Waals surface area (Å²) in [6.45, 7) is 0.788. The lowest BCUT2D eigenvalue weighted by Crippen LogP contribution is -2.57. The molecule has 140 valence electrons. The normalized spacial score (nSPS) is 18.6. The van der Waals surface area contributed by atoms with Crippen LogP contribution >= 0.6 is 0 Å². The second-order valence-electron chi connectivity index (χ2n) is 6.62. The molecule has 26 heavy (non-hydrogen) atoms. The van der Waals surface area contributed by atoms with E-state index in [0.717, 1.165) is 16.2 Å². The highest BCUT2D eigenvalue weighted by molar-refractivity contribution is 5.85. The number of benzene rings is 1. The fourth-order valence-corrected chi connectivity index (χ4v) is 3.19. The van der Waals surface area contributed by atoms with Gasteiger partial charge in [-0.15, -0.1) is 0 Å². The molecule has 1 amide bonds. The van der Waals surface area contributed by atoms with Crippen molar-refractivity contribution in [3.05, 3.63) is 42.6 Å². The second kappa shape index (κ2) is 6.75. The Kier molecular flexibility index (Phi) is 4.79. The van der Waals surface area contributed by atoms with Gasteiger partial charge in [0.25, 0.3) is 5.91 Å². The Morgan fingerprint density at radius 3 is 2.35 bits per heavy atom. The summed E-state index contributed by atoms with van der Waals surface area (Å²) >= 11 is 0. The standard InChI is InChI=1S/C18H20F3N3O2/c1-17(26,18(19,20)21)16(25)23-11-8-14(9-12-23)24-15(7-10-22-24)13-5-3-2-4-6-13/h2-7,10,14,26H,8-9,11-12H2,1H3/t17-/m1/s1. The summed E-state index contributed by atoms with van der Waals surface area (Å²) in [6.07, 6.45) is -2.36. The maximum Gasteiger partial charge on any atom is 0.426 e. The zero-order valence-corrected chi connectivity index (χ0v) is 14.3. The van der Waals surface area contributed by atoms with Crippen LogP contribution in [0.2, 0.25) is 0 Å². The number of halogens is 3. The number of rotatable bonds is 3. The Morgan fingerprint density at radius 1 is 1.15 bits per heavy atom. The Morgan fingerprint density at radius 2 is 1.77 bits per heavy atom. The quantitative estimate of drug-likeness (QED) is 0.907. The van der Waals surface area contributed by atoms with Crippen LogP contribution in [0.4, 0.5) is 13.2 Å². The third kappa shape index (κ3) is 3.33. The Bertz CT molecular complexity index is 763. The molecule has 8 heteroatoms. The molecule has 0 bridgehead atoms. The minimum absolute atomic E-state index is 0.0138. The lowest BCUT2D eigenvalue weighted by molar-refractivity contribution is -0.250. The topological polar surface area (TPSA) is 58.4 Å². The van der Waals surface area contributed by atoms with Crippen molar-refractivity contribution >= 4 is 5.91 Å². The van der Waals surface area contributed by atoms with Crippen molar-refractivity contribution in [2.24, 2.45) is 0 Å². The molecule has 0 aliphatic carbocycles. The Labute approximate surface area is 149 Å². The molecular formula is C18H20F3N3O2. The number of aliphatic hydroxyl groups is 1. The number of piperidine rings is 1. The number of carbonyl (C=O) groups excluding carboxylic acids is 1. The summed E-state index contributed by atoms with van der Waals surface area (Å²) in [5.74, 6) is -1.30. The largest absolute Gasteiger partial charge is 0.426 e. The predicted octanol–water partition coefficient (Wildman–Crippen LogP) is 3.03. The van der Waals surface area contributed by atoms with E-state index in [9.17, 15) is 23.1 Å². The van der Waals surface area contributed by atoms with Crippen LogP contribution in [0, 0.1) is 0 Å². The fraction of sp³-hybridized carbons (Fsp3) is 0.444. The number of likely N-dealkylation sites (tertiary alicyclic amines) is 1. The van der Waals surface area contributed by atoms with Crippen LogP contribution in [0.1, 0.15) is 25.8 Å². The molecule has 0 unspecified atom stereocenters. The maximum atomic E-state index is 12.9. The van der Waals surface area contributed by atoms with Crippen molar-refractivity contribution in [1.82, 2.24) is 14.7 Å². The molecule has 1 aliphatic rings. The molecular weight excluding hydrogens is 347 g/mol. The monoisotopic (exact) mass is 367 g/mol. The van der Waals surface area contributed by atoms with E-state index in [0.29, 0.717) is 19.8 Å². The molecule has 1 aliphatic heterocycles. The first kappa shape index (κ1) is 18.4. The number of carbonyl (C=O) groups is 1. The van der Waals surface area contributed by atoms with Gasteiger partial charge < -0.3 is 10.0 Å². The summed E-state index contributed by atoms with van der Waals surface area (Å²) in [7, 11) is 0. The van der Waals surface area contributed by atoms with Gasteiger partial charge in [0.1, 0.15) is 0 Å². The first-order chi connectivity index (χ1) is 12.2. The van der Waals surface area contributed by atoms with Gasteiger partial charge in [0, 0.05) is 19.3 Å². The van der Waals surface area contributed by atoms with Gasteiger partial charge in [0.15, 0.2) is 0 Å². The number of nitrogens with zero attached hydrogens (tertiary/aromatic N) is 3. The summed E-state index contributed by atoms with van der Waals surface area (Å²) < 4.78 is 40.5. The number of hydrogen-bond donors (Lipinski definition) is 1. The van der Waals surface area contributed by atoms with E-state index in [4.69, 9.17) is 0 Å². The molecule has 1 N–H and O–H groups in total. The number of aromatic nitrogens is 2. The van der Waals surface area contributed by atoms with Crippen molar-refractivity contribution < 1.29 is 23.1 Å². The molecule has 1 aromatic carbocycles.